The van der Waals surface area contributed by atoms with E-state index in [-0.39, 0.29) is 5.91 Å². The number of aliphatic imine (C=N–C) groups is 1. The van der Waals surface area contributed by atoms with E-state index in [1.165, 1.54) is 17.3 Å². The minimum absolute atomic E-state index is 0.156. The van der Waals surface area contributed by atoms with Crippen molar-refractivity contribution < 1.29 is 14.3 Å². The van der Waals surface area contributed by atoms with Gasteiger partial charge >= 0.3 is 0 Å². The number of rotatable bonds is 6. The molecule has 1 fully saturated rings. The van der Waals surface area contributed by atoms with E-state index >= 15 is 0 Å². The first-order chi connectivity index (χ1) is 15.1. The van der Waals surface area contributed by atoms with Crippen LogP contribution in [0.3, 0.4) is 0 Å². The van der Waals surface area contributed by atoms with Crippen LogP contribution in [0.2, 0.25) is 0 Å². The van der Waals surface area contributed by atoms with E-state index < -0.39 is 0 Å². The predicted molar refractivity (Wildman–Crippen MR) is 126 cm³/mol. The molecule has 0 atom stereocenters. The summed E-state index contributed by atoms with van der Waals surface area (Å²) >= 11 is 1.32. The highest BCUT2D eigenvalue weighted by Crippen LogP contribution is 2.29. The van der Waals surface area contributed by atoms with Crippen LogP contribution >= 0.6 is 11.8 Å². The summed E-state index contributed by atoms with van der Waals surface area (Å²) in [7, 11) is 1.62. The van der Waals surface area contributed by atoms with Crippen LogP contribution in [0.4, 0.5) is 5.69 Å². The average molecular weight is 431 g/mol. The van der Waals surface area contributed by atoms with E-state index in [1.54, 1.807) is 7.11 Å². The fourth-order valence-electron chi connectivity index (χ4n) is 3.03. The molecule has 5 nitrogen and oxygen atoms in total. The lowest BCUT2D eigenvalue weighted by molar-refractivity contribution is -0.115. The Labute approximate surface area is 185 Å². The first-order valence-electron chi connectivity index (χ1n) is 9.81. The SMILES string of the molecule is COc1ccc(N=C2NC(=O)C(=Cc3ccc(OCc4cccc(C)c4)cc3)S2)cc1. The summed E-state index contributed by atoms with van der Waals surface area (Å²) in [6.07, 6.45) is 1.85. The molecule has 1 heterocycles. The van der Waals surface area contributed by atoms with Crippen LogP contribution in [0.25, 0.3) is 6.08 Å². The van der Waals surface area contributed by atoms with Crippen molar-refractivity contribution in [3.8, 4) is 11.5 Å². The zero-order valence-corrected chi connectivity index (χ0v) is 18.1. The number of nitrogens with zero attached hydrogens (tertiary/aromatic N) is 1. The number of nitrogens with one attached hydrogen (secondary N) is 1. The maximum absolute atomic E-state index is 12.3. The van der Waals surface area contributed by atoms with Gasteiger partial charge in [0.25, 0.3) is 5.91 Å². The molecule has 0 aliphatic carbocycles. The van der Waals surface area contributed by atoms with Gasteiger partial charge in [-0.15, -0.1) is 0 Å². The van der Waals surface area contributed by atoms with Gasteiger partial charge in [0.05, 0.1) is 17.7 Å². The van der Waals surface area contributed by atoms with Gasteiger partial charge in [-0.25, -0.2) is 4.99 Å². The first-order valence-corrected chi connectivity index (χ1v) is 10.6. The Morgan fingerprint density at radius 2 is 1.74 bits per heavy atom. The first kappa shape index (κ1) is 20.8. The van der Waals surface area contributed by atoms with Crippen molar-refractivity contribution in [2.24, 2.45) is 4.99 Å². The van der Waals surface area contributed by atoms with Crippen LogP contribution in [0.5, 0.6) is 11.5 Å². The molecular weight excluding hydrogens is 408 g/mol. The summed E-state index contributed by atoms with van der Waals surface area (Å²) in [6.45, 7) is 2.58. The molecule has 1 saturated heterocycles. The molecule has 0 unspecified atom stereocenters. The van der Waals surface area contributed by atoms with E-state index in [1.807, 2.05) is 66.7 Å². The second-order valence-electron chi connectivity index (χ2n) is 7.03. The fourth-order valence-corrected chi connectivity index (χ4v) is 3.88. The fraction of sp³-hybridized carbons (Fsp3) is 0.120. The highest BCUT2D eigenvalue weighted by atomic mass is 32.2. The minimum atomic E-state index is -0.156. The third kappa shape index (κ3) is 5.55. The van der Waals surface area contributed by atoms with Crippen LogP contribution < -0.4 is 14.8 Å². The normalized spacial score (nSPS) is 15.9. The smallest absolute Gasteiger partial charge is 0.264 e. The Bertz CT molecular complexity index is 1140. The van der Waals surface area contributed by atoms with Crippen LogP contribution in [-0.4, -0.2) is 18.2 Å². The van der Waals surface area contributed by atoms with Crippen LogP contribution in [-0.2, 0) is 11.4 Å². The molecule has 31 heavy (non-hydrogen) atoms. The summed E-state index contributed by atoms with van der Waals surface area (Å²) in [5, 5.41) is 3.36. The van der Waals surface area contributed by atoms with Crippen molar-refractivity contribution in [2.45, 2.75) is 13.5 Å². The molecule has 1 amide bonds. The third-order valence-electron chi connectivity index (χ3n) is 4.62. The zero-order chi connectivity index (χ0) is 21.6. The van der Waals surface area contributed by atoms with Crippen molar-refractivity contribution in [1.82, 2.24) is 5.32 Å². The summed E-state index contributed by atoms with van der Waals surface area (Å²) in [6, 6.07) is 23.3. The van der Waals surface area contributed by atoms with Gasteiger partial charge < -0.3 is 14.8 Å². The lowest BCUT2D eigenvalue weighted by Gasteiger charge is -2.07. The van der Waals surface area contributed by atoms with Gasteiger partial charge in [0.15, 0.2) is 5.17 Å². The largest absolute Gasteiger partial charge is 0.497 e. The van der Waals surface area contributed by atoms with Gasteiger partial charge in [0.2, 0.25) is 0 Å². The molecule has 0 aromatic heterocycles. The standard InChI is InChI=1S/C25H22N2O3S/c1-17-4-3-5-19(14-17)16-30-22-10-6-18(7-11-22)15-23-24(28)27-25(31-23)26-20-8-12-21(29-2)13-9-20/h3-15H,16H2,1-2H3,(H,26,27,28). The second kappa shape index (κ2) is 9.53. The summed E-state index contributed by atoms with van der Waals surface area (Å²) < 4.78 is 11.0. The number of carbonyl (C=O) groups is 1. The molecule has 3 aromatic rings. The Hall–Kier alpha value is -3.51. The molecule has 1 aliphatic rings. The number of amides is 1. The number of hydrogen-bond acceptors (Lipinski definition) is 5. The van der Waals surface area contributed by atoms with E-state index in [4.69, 9.17) is 9.47 Å². The Morgan fingerprint density at radius 1 is 1.00 bits per heavy atom. The van der Waals surface area contributed by atoms with E-state index in [9.17, 15) is 4.79 Å². The topological polar surface area (TPSA) is 59.9 Å². The highest BCUT2D eigenvalue weighted by Gasteiger charge is 2.23. The highest BCUT2D eigenvalue weighted by molar-refractivity contribution is 8.18. The number of aryl methyl sites for hydroxylation is 1. The van der Waals surface area contributed by atoms with Crippen LogP contribution in [0.1, 0.15) is 16.7 Å². The van der Waals surface area contributed by atoms with Gasteiger partial charge in [-0.05, 0) is 72.3 Å². The van der Waals surface area contributed by atoms with Crippen LogP contribution in [0, 0.1) is 6.92 Å². The molecule has 156 valence electrons. The molecule has 1 aliphatic heterocycles. The molecule has 0 saturated carbocycles. The maximum Gasteiger partial charge on any atom is 0.264 e. The van der Waals surface area contributed by atoms with Crippen molar-refractivity contribution in [1.29, 1.82) is 0 Å². The van der Waals surface area contributed by atoms with Gasteiger partial charge in [0, 0.05) is 0 Å². The van der Waals surface area contributed by atoms with Gasteiger partial charge in [-0.2, -0.15) is 0 Å². The number of amidine groups is 1. The Balaban J connectivity index is 1.39. The summed E-state index contributed by atoms with van der Waals surface area (Å²) in [5.41, 5.74) is 4.02. The maximum atomic E-state index is 12.3. The molecule has 0 radical (unpaired) electrons. The molecule has 0 spiro atoms. The minimum Gasteiger partial charge on any atom is -0.497 e. The summed E-state index contributed by atoms with van der Waals surface area (Å²) in [5.74, 6) is 1.39. The Morgan fingerprint density at radius 3 is 2.45 bits per heavy atom. The van der Waals surface area contributed by atoms with Crippen molar-refractivity contribution in [3.05, 3.63) is 94.4 Å². The second-order valence-corrected chi connectivity index (χ2v) is 8.06. The zero-order valence-electron chi connectivity index (χ0n) is 17.3. The molecular formula is C25H22N2O3S. The molecule has 1 N–H and O–H groups in total. The lowest BCUT2D eigenvalue weighted by atomic mass is 10.1. The summed E-state index contributed by atoms with van der Waals surface area (Å²) in [4.78, 5) is 17.4. The van der Waals surface area contributed by atoms with Crippen molar-refractivity contribution >= 4 is 34.6 Å². The number of carbonyl (C=O) groups excluding carboxylic acids is 1. The number of ether oxygens (including phenoxy) is 2. The van der Waals surface area contributed by atoms with Gasteiger partial charge in [0.1, 0.15) is 18.1 Å². The van der Waals surface area contributed by atoms with E-state index in [0.717, 1.165) is 28.3 Å². The predicted octanol–water partition coefficient (Wildman–Crippen LogP) is 5.47. The van der Waals surface area contributed by atoms with Gasteiger partial charge in [-0.3, -0.25) is 4.79 Å². The number of methoxy groups -OCH3 is 1. The lowest BCUT2D eigenvalue weighted by Crippen LogP contribution is -2.19. The van der Waals surface area contributed by atoms with E-state index in [0.29, 0.717) is 16.7 Å². The third-order valence-corrected chi connectivity index (χ3v) is 5.53. The number of hydrogen-bond donors (Lipinski definition) is 1. The van der Waals surface area contributed by atoms with Gasteiger partial charge in [-0.1, -0.05) is 42.0 Å². The molecule has 6 heteroatoms. The van der Waals surface area contributed by atoms with Crippen molar-refractivity contribution in [3.63, 3.8) is 0 Å². The molecule has 0 bridgehead atoms. The quantitative estimate of drug-likeness (QED) is 0.527. The average Bonchev–Trinajstić information content (AvgIpc) is 3.12. The molecule has 3 aromatic carbocycles. The van der Waals surface area contributed by atoms with E-state index in [2.05, 4.69) is 29.4 Å². The number of thioether (sulfide) groups is 1. The van der Waals surface area contributed by atoms with Crippen molar-refractivity contribution in [2.75, 3.05) is 7.11 Å². The molecule has 4 rings (SSSR count). The Kier molecular flexibility index (Phi) is 6.38. The van der Waals surface area contributed by atoms with Crippen LogP contribution in [0.15, 0.2) is 82.7 Å². The number of benzene rings is 3. The monoisotopic (exact) mass is 430 g/mol.